The second-order valence-electron chi connectivity index (χ2n) is 3.89. The molecule has 2 aromatic rings. The average Bonchev–Trinajstić information content (AvgIpc) is 2.42. The van der Waals surface area contributed by atoms with Crippen LogP contribution < -0.4 is 4.74 Å². The Balaban J connectivity index is 2.12. The van der Waals surface area contributed by atoms with Crippen molar-refractivity contribution in [3.05, 3.63) is 63.6 Å². The molecule has 19 heavy (non-hydrogen) atoms. The van der Waals surface area contributed by atoms with Gasteiger partial charge in [-0.3, -0.25) is 0 Å². The van der Waals surface area contributed by atoms with E-state index in [0.29, 0.717) is 11.1 Å². The van der Waals surface area contributed by atoms with Crippen LogP contribution >= 0.6 is 31.9 Å². The van der Waals surface area contributed by atoms with Crippen molar-refractivity contribution < 1.29 is 13.5 Å². The third-order valence-electron chi connectivity index (χ3n) is 2.59. The molecular formula is C14H10Br2F2O. The van der Waals surface area contributed by atoms with Gasteiger partial charge in [-0.25, -0.2) is 8.78 Å². The van der Waals surface area contributed by atoms with Crippen molar-refractivity contribution in [3.8, 4) is 5.75 Å². The number of halogens is 4. The van der Waals surface area contributed by atoms with E-state index in [9.17, 15) is 8.78 Å². The molecule has 5 heteroatoms. The number of alkyl halides is 1. The SMILES string of the molecule is Fc1cccc(COc2ccc(Br)c(CBr)c2)c1F. The summed E-state index contributed by atoms with van der Waals surface area (Å²) in [5.74, 6) is -1.11. The molecule has 1 nitrogen and oxygen atoms in total. The number of hydrogen-bond donors (Lipinski definition) is 0. The molecule has 0 aliphatic rings. The lowest BCUT2D eigenvalue weighted by atomic mass is 10.2. The standard InChI is InChI=1S/C14H10Br2F2O/c15-7-10-6-11(4-5-12(10)16)19-8-9-2-1-3-13(17)14(9)18/h1-6H,7-8H2. The van der Waals surface area contributed by atoms with Crippen LogP contribution in [0.3, 0.4) is 0 Å². The molecular weight excluding hydrogens is 382 g/mol. The molecule has 0 saturated heterocycles. The minimum Gasteiger partial charge on any atom is -0.489 e. The molecule has 2 aromatic carbocycles. The summed E-state index contributed by atoms with van der Waals surface area (Å²) < 4.78 is 32.9. The quantitative estimate of drug-likeness (QED) is 0.650. The minimum absolute atomic E-state index is 0.00699. The first kappa shape index (κ1) is 14.5. The van der Waals surface area contributed by atoms with Crippen LogP contribution in [0.5, 0.6) is 5.75 Å². The molecule has 0 aliphatic carbocycles. The molecule has 0 saturated carbocycles. The summed E-state index contributed by atoms with van der Waals surface area (Å²) in [5.41, 5.74) is 1.22. The van der Waals surface area contributed by atoms with Gasteiger partial charge >= 0.3 is 0 Å². The van der Waals surface area contributed by atoms with Gasteiger partial charge in [-0.15, -0.1) is 0 Å². The van der Waals surface area contributed by atoms with Crippen molar-refractivity contribution in [3.63, 3.8) is 0 Å². The van der Waals surface area contributed by atoms with Crippen LogP contribution in [0, 0.1) is 11.6 Å². The number of rotatable bonds is 4. The van der Waals surface area contributed by atoms with Crippen molar-refractivity contribution in [1.82, 2.24) is 0 Å². The highest BCUT2D eigenvalue weighted by molar-refractivity contribution is 9.10. The molecule has 2 rings (SSSR count). The molecule has 0 heterocycles. The van der Waals surface area contributed by atoms with Gasteiger partial charge in [0.1, 0.15) is 12.4 Å². The first-order valence-corrected chi connectivity index (χ1v) is 7.43. The zero-order valence-corrected chi connectivity index (χ0v) is 13.0. The third kappa shape index (κ3) is 3.54. The van der Waals surface area contributed by atoms with Gasteiger partial charge in [0, 0.05) is 15.4 Å². The fraction of sp³-hybridized carbons (Fsp3) is 0.143. The van der Waals surface area contributed by atoms with E-state index in [0.717, 1.165) is 16.1 Å². The maximum atomic E-state index is 13.4. The summed E-state index contributed by atoms with van der Waals surface area (Å²) >= 11 is 6.78. The topological polar surface area (TPSA) is 9.23 Å². The van der Waals surface area contributed by atoms with Gasteiger partial charge in [-0.05, 0) is 29.8 Å². The maximum Gasteiger partial charge on any atom is 0.165 e. The molecule has 0 spiro atoms. The van der Waals surface area contributed by atoms with E-state index in [1.165, 1.54) is 12.1 Å². The predicted molar refractivity (Wildman–Crippen MR) is 77.5 cm³/mol. The van der Waals surface area contributed by atoms with Crippen LogP contribution in [0.2, 0.25) is 0 Å². The maximum absolute atomic E-state index is 13.4. The van der Waals surface area contributed by atoms with Crippen molar-refractivity contribution in [2.75, 3.05) is 0 Å². The van der Waals surface area contributed by atoms with Crippen LogP contribution in [0.15, 0.2) is 40.9 Å². The Bertz CT molecular complexity index is 588. The van der Waals surface area contributed by atoms with Crippen LogP contribution in [-0.2, 0) is 11.9 Å². The molecule has 0 unspecified atom stereocenters. The average molecular weight is 392 g/mol. The molecule has 0 atom stereocenters. The van der Waals surface area contributed by atoms with Gasteiger partial charge in [0.25, 0.3) is 0 Å². The van der Waals surface area contributed by atoms with Crippen LogP contribution in [0.1, 0.15) is 11.1 Å². The predicted octanol–water partition coefficient (Wildman–Crippen LogP) is 5.20. The third-order valence-corrected chi connectivity index (χ3v) is 3.96. The summed E-state index contributed by atoms with van der Waals surface area (Å²) in [5, 5.41) is 0.680. The lowest BCUT2D eigenvalue weighted by Gasteiger charge is -2.09. The summed E-state index contributed by atoms with van der Waals surface area (Å²) in [4.78, 5) is 0. The number of benzene rings is 2. The van der Waals surface area contributed by atoms with E-state index in [1.54, 1.807) is 6.07 Å². The minimum atomic E-state index is -0.863. The fourth-order valence-corrected chi connectivity index (χ4v) is 2.79. The van der Waals surface area contributed by atoms with Crippen molar-refractivity contribution >= 4 is 31.9 Å². The molecule has 100 valence electrons. The summed E-state index contributed by atoms with van der Waals surface area (Å²) in [6.45, 7) is -0.00699. The highest BCUT2D eigenvalue weighted by Crippen LogP contribution is 2.25. The zero-order chi connectivity index (χ0) is 13.8. The smallest absolute Gasteiger partial charge is 0.165 e. The molecule has 0 aliphatic heterocycles. The molecule has 0 aromatic heterocycles. The van der Waals surface area contributed by atoms with E-state index < -0.39 is 11.6 Å². The summed E-state index contributed by atoms with van der Waals surface area (Å²) in [6.07, 6.45) is 0. The molecule has 0 fully saturated rings. The molecule has 0 radical (unpaired) electrons. The molecule has 0 amide bonds. The number of hydrogen-bond acceptors (Lipinski definition) is 1. The van der Waals surface area contributed by atoms with E-state index >= 15 is 0 Å². The highest BCUT2D eigenvalue weighted by Gasteiger charge is 2.08. The van der Waals surface area contributed by atoms with Gasteiger partial charge < -0.3 is 4.74 Å². The summed E-state index contributed by atoms with van der Waals surface area (Å²) in [7, 11) is 0. The van der Waals surface area contributed by atoms with E-state index in [1.807, 2.05) is 12.1 Å². The second kappa shape index (κ2) is 6.48. The zero-order valence-electron chi connectivity index (χ0n) is 9.80. The first-order chi connectivity index (χ1) is 9.11. The van der Waals surface area contributed by atoms with Gasteiger partial charge in [0.05, 0.1) is 0 Å². The lowest BCUT2D eigenvalue weighted by molar-refractivity contribution is 0.297. The Hall–Kier alpha value is -0.940. The lowest BCUT2D eigenvalue weighted by Crippen LogP contribution is -2.00. The monoisotopic (exact) mass is 390 g/mol. The van der Waals surface area contributed by atoms with Gasteiger partial charge in [0.2, 0.25) is 0 Å². The second-order valence-corrected chi connectivity index (χ2v) is 5.30. The van der Waals surface area contributed by atoms with E-state index in [2.05, 4.69) is 31.9 Å². The Morgan fingerprint density at radius 3 is 2.58 bits per heavy atom. The van der Waals surface area contributed by atoms with Crippen molar-refractivity contribution in [1.29, 1.82) is 0 Å². The van der Waals surface area contributed by atoms with Crippen LogP contribution in [0.25, 0.3) is 0 Å². The highest BCUT2D eigenvalue weighted by atomic mass is 79.9. The van der Waals surface area contributed by atoms with Crippen molar-refractivity contribution in [2.24, 2.45) is 0 Å². The van der Waals surface area contributed by atoms with Gasteiger partial charge in [-0.1, -0.05) is 44.0 Å². The van der Waals surface area contributed by atoms with Crippen molar-refractivity contribution in [2.45, 2.75) is 11.9 Å². The number of ether oxygens (including phenoxy) is 1. The normalized spacial score (nSPS) is 10.5. The Morgan fingerprint density at radius 1 is 1.05 bits per heavy atom. The Kier molecular flexibility index (Phi) is 4.93. The Morgan fingerprint density at radius 2 is 1.84 bits per heavy atom. The van der Waals surface area contributed by atoms with Gasteiger partial charge in [0.15, 0.2) is 11.6 Å². The molecule has 0 bridgehead atoms. The summed E-state index contributed by atoms with van der Waals surface area (Å²) in [6, 6.07) is 9.52. The van der Waals surface area contributed by atoms with E-state index in [-0.39, 0.29) is 12.2 Å². The first-order valence-electron chi connectivity index (χ1n) is 5.52. The Labute approximate surface area is 126 Å². The van der Waals surface area contributed by atoms with Crippen LogP contribution in [0.4, 0.5) is 8.78 Å². The van der Waals surface area contributed by atoms with Gasteiger partial charge in [-0.2, -0.15) is 0 Å². The van der Waals surface area contributed by atoms with E-state index in [4.69, 9.17) is 4.74 Å². The molecule has 0 N–H and O–H groups in total. The fourth-order valence-electron chi connectivity index (χ4n) is 1.56. The largest absolute Gasteiger partial charge is 0.489 e. The van der Waals surface area contributed by atoms with Crippen LogP contribution in [-0.4, -0.2) is 0 Å².